The first kappa shape index (κ1) is 15.2. The highest BCUT2D eigenvalue weighted by molar-refractivity contribution is 5.70. The standard InChI is InChI=1S/C19H13F3O/c20-19(21,22)15-10-12-16(13-11-15)23-18-9-5-4-8-17(18)14-6-2-1-3-7-14/h1-13H. The second kappa shape index (κ2) is 6.16. The molecule has 0 saturated heterocycles. The summed E-state index contributed by atoms with van der Waals surface area (Å²) in [6.45, 7) is 0. The van der Waals surface area contributed by atoms with Gasteiger partial charge in [0.05, 0.1) is 5.56 Å². The molecule has 0 atom stereocenters. The molecule has 0 unspecified atom stereocenters. The van der Waals surface area contributed by atoms with Crippen molar-refractivity contribution in [2.24, 2.45) is 0 Å². The van der Waals surface area contributed by atoms with E-state index in [2.05, 4.69) is 0 Å². The Balaban J connectivity index is 1.89. The van der Waals surface area contributed by atoms with Crippen molar-refractivity contribution in [2.45, 2.75) is 6.18 Å². The van der Waals surface area contributed by atoms with Gasteiger partial charge in [0.15, 0.2) is 0 Å². The van der Waals surface area contributed by atoms with E-state index >= 15 is 0 Å². The topological polar surface area (TPSA) is 9.23 Å². The first-order valence-corrected chi connectivity index (χ1v) is 7.03. The molecule has 23 heavy (non-hydrogen) atoms. The van der Waals surface area contributed by atoms with Crippen molar-refractivity contribution in [1.82, 2.24) is 0 Å². The average molecular weight is 314 g/mol. The molecule has 0 spiro atoms. The van der Waals surface area contributed by atoms with Crippen LogP contribution in [-0.2, 0) is 6.18 Å². The van der Waals surface area contributed by atoms with Crippen LogP contribution in [0.15, 0.2) is 78.9 Å². The molecule has 0 radical (unpaired) electrons. The van der Waals surface area contributed by atoms with Crippen LogP contribution < -0.4 is 4.74 Å². The van der Waals surface area contributed by atoms with Crippen LogP contribution in [0, 0.1) is 0 Å². The number of benzene rings is 3. The summed E-state index contributed by atoms with van der Waals surface area (Å²) in [5.74, 6) is 0.958. The van der Waals surface area contributed by atoms with Crippen molar-refractivity contribution in [3.63, 3.8) is 0 Å². The molecule has 1 nitrogen and oxygen atoms in total. The first-order chi connectivity index (χ1) is 11.0. The Morgan fingerprint density at radius 3 is 1.91 bits per heavy atom. The van der Waals surface area contributed by atoms with Gasteiger partial charge >= 0.3 is 6.18 Å². The molecule has 0 aliphatic rings. The predicted octanol–water partition coefficient (Wildman–Crippen LogP) is 6.16. The summed E-state index contributed by atoms with van der Waals surface area (Å²) in [7, 11) is 0. The SMILES string of the molecule is FC(F)(F)c1ccc(Oc2ccccc2-c2ccccc2)cc1. The number of alkyl halides is 3. The van der Waals surface area contributed by atoms with Crippen LogP contribution in [0.2, 0.25) is 0 Å². The molecule has 0 heterocycles. The molecule has 0 N–H and O–H groups in total. The molecule has 3 aromatic carbocycles. The third-order valence-electron chi connectivity index (χ3n) is 3.38. The van der Waals surface area contributed by atoms with Crippen LogP contribution in [-0.4, -0.2) is 0 Å². The maximum absolute atomic E-state index is 12.6. The minimum absolute atomic E-state index is 0.362. The minimum Gasteiger partial charge on any atom is -0.457 e. The lowest BCUT2D eigenvalue weighted by Crippen LogP contribution is -2.04. The highest BCUT2D eigenvalue weighted by atomic mass is 19.4. The molecule has 0 aliphatic carbocycles. The third kappa shape index (κ3) is 3.54. The molecule has 4 heteroatoms. The van der Waals surface area contributed by atoms with Crippen LogP contribution >= 0.6 is 0 Å². The highest BCUT2D eigenvalue weighted by Crippen LogP contribution is 2.35. The summed E-state index contributed by atoms with van der Waals surface area (Å²) >= 11 is 0. The van der Waals surface area contributed by atoms with Crippen molar-refractivity contribution >= 4 is 0 Å². The van der Waals surface area contributed by atoms with Gasteiger partial charge in [-0.25, -0.2) is 0 Å². The quantitative estimate of drug-likeness (QED) is 0.562. The number of ether oxygens (including phenoxy) is 1. The monoisotopic (exact) mass is 314 g/mol. The van der Waals surface area contributed by atoms with Gasteiger partial charge in [-0.1, -0.05) is 48.5 Å². The summed E-state index contributed by atoms with van der Waals surface area (Å²) in [5.41, 5.74) is 1.17. The molecule has 0 fully saturated rings. The Labute approximate surface area is 132 Å². The lowest BCUT2D eigenvalue weighted by molar-refractivity contribution is -0.137. The van der Waals surface area contributed by atoms with Gasteiger partial charge in [-0.05, 0) is 35.9 Å². The van der Waals surface area contributed by atoms with Crippen molar-refractivity contribution in [2.75, 3.05) is 0 Å². The van der Waals surface area contributed by atoms with E-state index in [0.29, 0.717) is 11.5 Å². The van der Waals surface area contributed by atoms with Crippen LogP contribution in [0.3, 0.4) is 0 Å². The fourth-order valence-electron chi connectivity index (χ4n) is 2.25. The molecular weight excluding hydrogens is 301 g/mol. The van der Waals surface area contributed by atoms with E-state index in [1.54, 1.807) is 6.07 Å². The second-order valence-corrected chi connectivity index (χ2v) is 4.99. The van der Waals surface area contributed by atoms with E-state index in [0.717, 1.165) is 23.3 Å². The zero-order valence-corrected chi connectivity index (χ0v) is 12.0. The van der Waals surface area contributed by atoms with Crippen molar-refractivity contribution in [1.29, 1.82) is 0 Å². The smallest absolute Gasteiger partial charge is 0.416 e. The molecule has 0 amide bonds. The van der Waals surface area contributed by atoms with Crippen LogP contribution in [0.25, 0.3) is 11.1 Å². The Kier molecular flexibility index (Phi) is 4.06. The minimum atomic E-state index is -4.35. The van der Waals surface area contributed by atoms with Gasteiger partial charge in [-0.3, -0.25) is 0 Å². The first-order valence-electron chi connectivity index (χ1n) is 7.03. The van der Waals surface area contributed by atoms with Gasteiger partial charge in [0.1, 0.15) is 11.5 Å². The summed E-state index contributed by atoms with van der Waals surface area (Å²) in [6, 6.07) is 21.8. The molecule has 3 aromatic rings. The van der Waals surface area contributed by atoms with Crippen LogP contribution in [0.5, 0.6) is 11.5 Å². The van der Waals surface area contributed by atoms with Gasteiger partial charge in [-0.2, -0.15) is 13.2 Å². The Hall–Kier alpha value is -2.75. The number of para-hydroxylation sites is 1. The zero-order valence-electron chi connectivity index (χ0n) is 12.0. The predicted molar refractivity (Wildman–Crippen MR) is 83.4 cm³/mol. The summed E-state index contributed by atoms with van der Waals surface area (Å²) < 4.78 is 43.5. The molecular formula is C19H13F3O. The summed E-state index contributed by atoms with van der Waals surface area (Å²) in [6.07, 6.45) is -4.35. The normalized spacial score (nSPS) is 11.3. The van der Waals surface area contributed by atoms with Gasteiger partial charge in [0, 0.05) is 5.56 Å². The van der Waals surface area contributed by atoms with E-state index < -0.39 is 11.7 Å². The maximum Gasteiger partial charge on any atom is 0.416 e. The number of hydrogen-bond donors (Lipinski definition) is 0. The molecule has 116 valence electrons. The Morgan fingerprint density at radius 1 is 0.652 bits per heavy atom. The maximum atomic E-state index is 12.6. The zero-order chi connectivity index (χ0) is 16.3. The van der Waals surface area contributed by atoms with Gasteiger partial charge in [-0.15, -0.1) is 0 Å². The summed E-state index contributed by atoms with van der Waals surface area (Å²) in [5, 5.41) is 0. The molecule has 0 aliphatic heterocycles. The number of rotatable bonds is 3. The van der Waals surface area contributed by atoms with E-state index in [1.165, 1.54) is 12.1 Å². The van der Waals surface area contributed by atoms with Crippen molar-refractivity contribution in [3.8, 4) is 22.6 Å². The number of hydrogen-bond acceptors (Lipinski definition) is 1. The Morgan fingerprint density at radius 2 is 1.26 bits per heavy atom. The fraction of sp³-hybridized carbons (Fsp3) is 0.0526. The molecule has 0 saturated carbocycles. The summed E-state index contributed by atoms with van der Waals surface area (Å²) in [4.78, 5) is 0. The van der Waals surface area contributed by atoms with Crippen LogP contribution in [0.4, 0.5) is 13.2 Å². The largest absolute Gasteiger partial charge is 0.457 e. The second-order valence-electron chi connectivity index (χ2n) is 4.99. The average Bonchev–Trinajstić information content (AvgIpc) is 2.56. The van der Waals surface area contributed by atoms with E-state index in [9.17, 15) is 13.2 Å². The molecule has 0 bridgehead atoms. The van der Waals surface area contributed by atoms with E-state index in [-0.39, 0.29) is 0 Å². The van der Waals surface area contributed by atoms with Crippen LogP contribution in [0.1, 0.15) is 5.56 Å². The van der Waals surface area contributed by atoms with Gasteiger partial charge < -0.3 is 4.74 Å². The third-order valence-corrected chi connectivity index (χ3v) is 3.38. The number of halogens is 3. The molecule has 3 rings (SSSR count). The van der Waals surface area contributed by atoms with Crippen molar-refractivity contribution < 1.29 is 17.9 Å². The molecule has 0 aromatic heterocycles. The fourth-order valence-corrected chi connectivity index (χ4v) is 2.25. The lowest BCUT2D eigenvalue weighted by atomic mass is 10.0. The van der Waals surface area contributed by atoms with Gasteiger partial charge in [0.25, 0.3) is 0 Å². The van der Waals surface area contributed by atoms with Crippen molar-refractivity contribution in [3.05, 3.63) is 84.4 Å². The lowest BCUT2D eigenvalue weighted by Gasteiger charge is -2.12. The van der Waals surface area contributed by atoms with Gasteiger partial charge in [0.2, 0.25) is 0 Å². The van der Waals surface area contributed by atoms with E-state index in [4.69, 9.17) is 4.74 Å². The Bertz CT molecular complexity index is 778. The van der Waals surface area contributed by atoms with E-state index in [1.807, 2.05) is 48.5 Å². The highest BCUT2D eigenvalue weighted by Gasteiger charge is 2.30.